The molecule has 0 bridgehead atoms. The second-order valence-electron chi connectivity index (χ2n) is 5.66. The lowest BCUT2D eigenvalue weighted by Gasteiger charge is -2.11. The molecule has 8 heteroatoms. The number of anilines is 3. The van der Waals surface area contributed by atoms with Crippen LogP contribution in [0.25, 0.3) is 10.8 Å². The van der Waals surface area contributed by atoms with Crippen LogP contribution < -0.4 is 15.8 Å². The van der Waals surface area contributed by atoms with Crippen LogP contribution in [-0.2, 0) is 0 Å². The number of aromatic nitrogens is 3. The van der Waals surface area contributed by atoms with Gasteiger partial charge in [0.25, 0.3) is 0 Å². The third-order valence-corrected chi connectivity index (χ3v) is 3.97. The number of halogens is 2. The highest BCUT2D eigenvalue weighted by Crippen LogP contribution is 2.32. The van der Waals surface area contributed by atoms with E-state index in [0.717, 1.165) is 10.8 Å². The minimum atomic E-state index is -0.529. The molecule has 134 valence electrons. The van der Waals surface area contributed by atoms with Crippen LogP contribution in [0, 0.1) is 5.82 Å². The van der Waals surface area contributed by atoms with E-state index in [1.165, 1.54) is 18.2 Å². The zero-order chi connectivity index (χ0) is 18.8. The first-order chi connectivity index (χ1) is 13.1. The molecule has 4 aromatic rings. The average Bonchev–Trinajstić information content (AvgIpc) is 2.63. The minimum Gasteiger partial charge on any atom is -0.454 e. The maximum atomic E-state index is 14.5. The van der Waals surface area contributed by atoms with Crippen LogP contribution in [-0.4, -0.2) is 15.0 Å². The number of pyridine rings is 1. The second-order valence-corrected chi connectivity index (χ2v) is 6.05. The van der Waals surface area contributed by atoms with Crippen molar-refractivity contribution in [3.05, 3.63) is 71.9 Å². The first-order valence-electron chi connectivity index (χ1n) is 7.96. The van der Waals surface area contributed by atoms with Crippen LogP contribution in [0.15, 0.2) is 60.9 Å². The van der Waals surface area contributed by atoms with E-state index in [0.29, 0.717) is 17.3 Å². The summed E-state index contributed by atoms with van der Waals surface area (Å²) in [5.41, 5.74) is 6.02. The van der Waals surface area contributed by atoms with Crippen molar-refractivity contribution in [2.45, 2.75) is 0 Å². The Morgan fingerprint density at radius 1 is 1.04 bits per heavy atom. The summed E-state index contributed by atoms with van der Waals surface area (Å²) >= 11 is 5.84. The average molecular weight is 382 g/mol. The third kappa shape index (κ3) is 3.73. The number of rotatable bonds is 4. The van der Waals surface area contributed by atoms with Gasteiger partial charge in [0, 0.05) is 41.0 Å². The summed E-state index contributed by atoms with van der Waals surface area (Å²) in [6, 6.07) is 13.3. The van der Waals surface area contributed by atoms with Crippen molar-refractivity contribution in [3.8, 4) is 11.5 Å². The van der Waals surface area contributed by atoms with Gasteiger partial charge in [-0.3, -0.25) is 4.98 Å². The van der Waals surface area contributed by atoms with E-state index in [1.54, 1.807) is 24.5 Å². The van der Waals surface area contributed by atoms with E-state index in [2.05, 4.69) is 20.3 Å². The predicted octanol–water partition coefficient (Wildman–Crippen LogP) is 4.94. The van der Waals surface area contributed by atoms with E-state index < -0.39 is 5.82 Å². The van der Waals surface area contributed by atoms with Gasteiger partial charge in [-0.1, -0.05) is 23.7 Å². The normalized spacial score (nSPS) is 10.7. The molecule has 0 unspecified atom stereocenters. The van der Waals surface area contributed by atoms with Gasteiger partial charge >= 0.3 is 0 Å². The highest BCUT2D eigenvalue weighted by molar-refractivity contribution is 6.29. The molecule has 0 aliphatic carbocycles. The Balaban J connectivity index is 1.60. The molecule has 0 spiro atoms. The number of ether oxygens (including phenoxy) is 1. The summed E-state index contributed by atoms with van der Waals surface area (Å²) in [5.74, 6) is 0.507. The van der Waals surface area contributed by atoms with Gasteiger partial charge in [0.2, 0.25) is 5.95 Å². The molecule has 0 saturated carbocycles. The molecule has 2 heterocycles. The van der Waals surface area contributed by atoms with E-state index in [9.17, 15) is 4.39 Å². The number of nitrogens with zero attached hydrogens (tertiary/aromatic N) is 3. The first-order valence-corrected chi connectivity index (χ1v) is 8.33. The van der Waals surface area contributed by atoms with Crippen LogP contribution >= 0.6 is 11.6 Å². The van der Waals surface area contributed by atoms with Crippen molar-refractivity contribution in [3.63, 3.8) is 0 Å². The number of benzene rings is 2. The van der Waals surface area contributed by atoms with Crippen LogP contribution in [0.2, 0.25) is 5.15 Å². The highest BCUT2D eigenvalue weighted by atomic mass is 35.5. The second kappa shape index (κ2) is 7.05. The van der Waals surface area contributed by atoms with Crippen LogP contribution in [0.5, 0.6) is 11.5 Å². The Hall–Kier alpha value is -3.45. The Labute approximate surface area is 158 Å². The van der Waals surface area contributed by atoms with Gasteiger partial charge in [-0.2, -0.15) is 4.98 Å². The maximum absolute atomic E-state index is 14.5. The number of hydrogen-bond donors (Lipinski definition) is 2. The predicted molar refractivity (Wildman–Crippen MR) is 103 cm³/mol. The molecular formula is C19H13ClFN5O. The molecule has 0 saturated heterocycles. The Morgan fingerprint density at radius 2 is 1.93 bits per heavy atom. The molecule has 0 aliphatic rings. The van der Waals surface area contributed by atoms with Gasteiger partial charge in [0.15, 0.2) is 11.6 Å². The highest BCUT2D eigenvalue weighted by Gasteiger charge is 2.10. The van der Waals surface area contributed by atoms with E-state index in [1.807, 2.05) is 18.2 Å². The Kier molecular flexibility index (Phi) is 4.43. The summed E-state index contributed by atoms with van der Waals surface area (Å²) in [6.45, 7) is 0. The molecule has 2 aromatic carbocycles. The SMILES string of the molecule is Nc1nc(Cl)cc(Nc2ccc(Oc3cccc4cnccc34)c(F)c2)n1. The molecule has 0 aliphatic heterocycles. The summed E-state index contributed by atoms with van der Waals surface area (Å²) in [6.07, 6.45) is 3.39. The quantitative estimate of drug-likeness (QED) is 0.487. The molecule has 0 radical (unpaired) electrons. The summed E-state index contributed by atoms with van der Waals surface area (Å²) in [7, 11) is 0. The van der Waals surface area contributed by atoms with Crippen molar-refractivity contribution >= 4 is 39.8 Å². The lowest BCUT2D eigenvalue weighted by molar-refractivity contribution is 0.447. The fraction of sp³-hybridized carbons (Fsp3) is 0. The number of nitrogens with one attached hydrogen (secondary N) is 1. The molecular weight excluding hydrogens is 369 g/mol. The molecule has 0 fully saturated rings. The molecule has 2 aromatic heterocycles. The lowest BCUT2D eigenvalue weighted by Crippen LogP contribution is -2.00. The van der Waals surface area contributed by atoms with Gasteiger partial charge in [0.1, 0.15) is 16.7 Å². The lowest BCUT2D eigenvalue weighted by atomic mass is 10.1. The Morgan fingerprint density at radius 3 is 2.74 bits per heavy atom. The maximum Gasteiger partial charge on any atom is 0.223 e. The monoisotopic (exact) mass is 381 g/mol. The van der Waals surface area contributed by atoms with Gasteiger partial charge in [-0.25, -0.2) is 9.37 Å². The van der Waals surface area contributed by atoms with Gasteiger partial charge in [0.05, 0.1) is 0 Å². The number of nitrogen functional groups attached to an aromatic ring is 1. The molecule has 4 rings (SSSR count). The standard InChI is InChI=1S/C19H13ClFN5O/c20-17-9-18(26-19(22)25-17)24-12-4-5-16(14(21)8-12)27-15-3-1-2-11-10-23-7-6-13(11)15/h1-10H,(H3,22,24,25,26). The van der Waals surface area contributed by atoms with Crippen molar-refractivity contribution < 1.29 is 9.13 Å². The zero-order valence-electron chi connectivity index (χ0n) is 13.9. The number of nitrogens with two attached hydrogens (primary N) is 1. The summed E-state index contributed by atoms with van der Waals surface area (Å²) < 4.78 is 20.3. The largest absolute Gasteiger partial charge is 0.454 e. The van der Waals surface area contributed by atoms with E-state index >= 15 is 0 Å². The Bertz CT molecular complexity index is 1110. The van der Waals surface area contributed by atoms with Crippen molar-refractivity contribution in [2.24, 2.45) is 0 Å². The smallest absolute Gasteiger partial charge is 0.223 e. The molecule has 0 amide bonds. The molecule has 3 N–H and O–H groups in total. The topological polar surface area (TPSA) is 86.0 Å². The van der Waals surface area contributed by atoms with E-state index in [-0.39, 0.29) is 16.9 Å². The summed E-state index contributed by atoms with van der Waals surface area (Å²) in [5, 5.41) is 4.87. The molecule has 27 heavy (non-hydrogen) atoms. The first kappa shape index (κ1) is 17.0. The number of fused-ring (bicyclic) bond motifs is 1. The van der Waals surface area contributed by atoms with E-state index in [4.69, 9.17) is 22.1 Å². The van der Waals surface area contributed by atoms with Crippen molar-refractivity contribution in [1.82, 2.24) is 15.0 Å². The van der Waals surface area contributed by atoms with Gasteiger partial charge in [-0.05, 0) is 24.3 Å². The van der Waals surface area contributed by atoms with Crippen molar-refractivity contribution in [1.29, 1.82) is 0 Å². The fourth-order valence-electron chi connectivity index (χ4n) is 2.61. The van der Waals surface area contributed by atoms with Crippen molar-refractivity contribution in [2.75, 3.05) is 11.1 Å². The summed E-state index contributed by atoms with van der Waals surface area (Å²) in [4.78, 5) is 11.8. The fourth-order valence-corrected chi connectivity index (χ4v) is 2.80. The minimum absolute atomic E-state index is 0.0240. The van der Waals surface area contributed by atoms with Crippen LogP contribution in [0.1, 0.15) is 0 Å². The van der Waals surface area contributed by atoms with Crippen LogP contribution in [0.4, 0.5) is 21.8 Å². The molecule has 6 nitrogen and oxygen atoms in total. The zero-order valence-corrected chi connectivity index (χ0v) is 14.6. The van der Waals surface area contributed by atoms with Gasteiger partial charge < -0.3 is 15.8 Å². The van der Waals surface area contributed by atoms with Crippen LogP contribution in [0.3, 0.4) is 0 Å². The third-order valence-electron chi connectivity index (χ3n) is 3.78. The van der Waals surface area contributed by atoms with Gasteiger partial charge in [-0.15, -0.1) is 0 Å². The number of hydrogen-bond acceptors (Lipinski definition) is 6. The molecule has 0 atom stereocenters.